The van der Waals surface area contributed by atoms with E-state index in [9.17, 15) is 0 Å². The Bertz CT molecular complexity index is 7520. The molecule has 0 radical (unpaired) electrons. The SMILES string of the molecule is c1ccc(-c2nc3c(ccc4ccccc43)nc2-c2cccc3cc4c(cc23)sc2ccccc24)cc1.c1ccc(-c2nc3ccc4ccccc4c3nc2-c2cccc3cc4c(cc23)sc2ccccc24)cc1.c1ccc(-c2nc3ccccc3nc2-c2cccc3cc4c(cc23)sc2ccccc24)cc1. The number of aromatic nitrogens is 6. The van der Waals surface area contributed by atoms with Crippen LogP contribution in [0.1, 0.15) is 0 Å². The summed E-state index contributed by atoms with van der Waals surface area (Å²) in [7, 11) is 0. The average molecular weight is 1420 g/mol. The predicted octanol–water partition coefficient (Wildman–Crippen LogP) is 27.8. The van der Waals surface area contributed by atoms with Crippen LogP contribution in [0.5, 0.6) is 0 Å². The molecule has 0 aliphatic heterocycles. The Morgan fingerprint density at radius 2 is 0.449 bits per heavy atom. The van der Waals surface area contributed by atoms with Crippen LogP contribution in [0.15, 0.2) is 352 Å². The summed E-state index contributed by atoms with van der Waals surface area (Å²) in [5.41, 5.74) is 17.6. The predicted molar refractivity (Wildman–Crippen MR) is 457 cm³/mol. The maximum atomic E-state index is 5.36. The van der Waals surface area contributed by atoms with Crippen molar-refractivity contribution in [3.05, 3.63) is 352 Å². The van der Waals surface area contributed by atoms with E-state index in [0.29, 0.717) is 0 Å². The maximum Gasteiger partial charge on any atom is 0.0979 e. The molecule has 0 saturated heterocycles. The highest BCUT2D eigenvalue weighted by Crippen LogP contribution is 2.46. The summed E-state index contributed by atoms with van der Waals surface area (Å²) in [6, 6.07) is 124. The molecule has 0 amide bonds. The lowest BCUT2D eigenvalue weighted by molar-refractivity contribution is 1.30. The second-order valence-corrected chi connectivity index (χ2v) is 30.3. The van der Waals surface area contributed by atoms with Crippen LogP contribution < -0.4 is 0 Å². The highest BCUT2D eigenvalue weighted by molar-refractivity contribution is 7.26. The summed E-state index contributed by atoms with van der Waals surface area (Å²) in [5, 5.41) is 19.7. The number of thiophene rings is 3. The Labute approximate surface area is 626 Å². The van der Waals surface area contributed by atoms with Crippen molar-refractivity contribution in [2.45, 2.75) is 0 Å². The molecule has 0 aliphatic carbocycles. The smallest absolute Gasteiger partial charge is 0.0979 e. The van der Waals surface area contributed by atoms with E-state index in [1.54, 1.807) is 0 Å². The fraction of sp³-hybridized carbons (Fsp3) is 0. The van der Waals surface area contributed by atoms with Crippen molar-refractivity contribution >= 4 is 181 Å². The standard InChI is InChI=1S/2C34H20N2S.C30H18N2S/c1-2-10-22(11-3-1)32-34(35-29-18-17-21-9-4-5-13-24(21)33(29)36-32)26-15-8-12-23-19-28-25-14-6-7-16-30(25)37-31(28)20-27(23)26;1-2-10-22(11-3-1)32-34(36-33-24-13-5-4-9-21(24)17-18-29(33)35-32)26-15-8-12-23-19-28-25-14-6-7-16-30(25)37-31(28)20-27(23)26;1-2-9-19(10-3-1)29-30(32-26-15-6-5-14-25(26)31-29)22-13-8-11-20-17-24-21-12-4-7-16-27(21)33-28(24)18-23(20)22/h2*1-20H;1-18H. The zero-order valence-corrected chi connectivity index (χ0v) is 59.8. The topological polar surface area (TPSA) is 77.3 Å². The lowest BCUT2D eigenvalue weighted by atomic mass is 9.96. The zero-order chi connectivity index (χ0) is 70.5. The first-order chi connectivity index (χ1) is 53.0. The third-order valence-electron chi connectivity index (χ3n) is 20.7. The van der Waals surface area contributed by atoms with E-state index >= 15 is 0 Å². The Morgan fingerprint density at radius 1 is 0.159 bits per heavy atom. The molecule has 9 heteroatoms. The number of para-hydroxylation sites is 2. The molecule has 0 saturated carbocycles. The van der Waals surface area contributed by atoms with Gasteiger partial charge in [0.15, 0.2) is 0 Å². The van der Waals surface area contributed by atoms with Crippen LogP contribution in [0.3, 0.4) is 0 Å². The largest absolute Gasteiger partial charge is 0.244 e. The van der Waals surface area contributed by atoms with Crippen LogP contribution in [-0.4, -0.2) is 29.9 Å². The molecule has 498 valence electrons. The van der Waals surface area contributed by atoms with Crippen LogP contribution in [0.25, 0.3) is 215 Å². The van der Waals surface area contributed by atoms with Crippen LogP contribution in [0.2, 0.25) is 0 Å². The van der Waals surface area contributed by atoms with Gasteiger partial charge >= 0.3 is 0 Å². The normalized spacial score (nSPS) is 11.7. The Kier molecular flexibility index (Phi) is 15.0. The molecule has 6 aromatic heterocycles. The molecule has 23 aromatic rings. The number of hydrogen-bond donors (Lipinski definition) is 0. The third-order valence-corrected chi connectivity index (χ3v) is 24.1. The fourth-order valence-corrected chi connectivity index (χ4v) is 19.0. The molecule has 0 spiro atoms. The van der Waals surface area contributed by atoms with Crippen molar-refractivity contribution in [1.82, 2.24) is 29.9 Å². The molecular formula is C98H58N6S3. The third kappa shape index (κ3) is 10.9. The molecule has 0 N–H and O–H groups in total. The fourth-order valence-electron chi connectivity index (χ4n) is 15.6. The van der Waals surface area contributed by atoms with Gasteiger partial charge in [-0.2, -0.15) is 0 Å². The lowest BCUT2D eigenvalue weighted by Crippen LogP contribution is -1.97. The van der Waals surface area contributed by atoms with E-state index in [2.05, 4.69) is 309 Å². The van der Waals surface area contributed by atoms with Gasteiger partial charge < -0.3 is 0 Å². The second kappa shape index (κ2) is 25.8. The first-order valence-electron chi connectivity index (χ1n) is 35.9. The number of hydrogen-bond acceptors (Lipinski definition) is 9. The van der Waals surface area contributed by atoms with E-state index in [4.69, 9.17) is 29.9 Å². The van der Waals surface area contributed by atoms with E-state index in [0.717, 1.165) is 111 Å². The van der Waals surface area contributed by atoms with Gasteiger partial charge in [-0.3, -0.25) is 0 Å². The Morgan fingerprint density at radius 3 is 0.850 bits per heavy atom. The van der Waals surface area contributed by atoms with Gasteiger partial charge in [0.25, 0.3) is 0 Å². The van der Waals surface area contributed by atoms with Crippen LogP contribution >= 0.6 is 34.0 Å². The summed E-state index contributed by atoms with van der Waals surface area (Å²) >= 11 is 5.55. The van der Waals surface area contributed by atoms with E-state index < -0.39 is 0 Å². The molecule has 0 fully saturated rings. The minimum absolute atomic E-state index is 0.909. The van der Waals surface area contributed by atoms with E-state index in [1.165, 1.54) is 104 Å². The maximum absolute atomic E-state index is 5.36. The number of benzene rings is 17. The molecule has 0 aliphatic rings. The lowest BCUT2D eigenvalue weighted by Gasteiger charge is -2.14. The van der Waals surface area contributed by atoms with Crippen LogP contribution in [0, 0.1) is 0 Å². The minimum Gasteiger partial charge on any atom is -0.244 e. The quantitative estimate of drug-likeness (QED) is 0.154. The van der Waals surface area contributed by atoms with Gasteiger partial charge in [-0.1, -0.05) is 273 Å². The zero-order valence-electron chi connectivity index (χ0n) is 57.4. The van der Waals surface area contributed by atoms with Crippen molar-refractivity contribution in [2.24, 2.45) is 0 Å². The number of fused-ring (bicyclic) bond motifs is 19. The van der Waals surface area contributed by atoms with Gasteiger partial charge in [-0.05, 0) is 122 Å². The van der Waals surface area contributed by atoms with Crippen LogP contribution in [0.4, 0.5) is 0 Å². The highest BCUT2D eigenvalue weighted by atomic mass is 32.1. The summed E-state index contributed by atoms with van der Waals surface area (Å²) in [6.07, 6.45) is 0. The van der Waals surface area contributed by atoms with Gasteiger partial charge in [-0.25, -0.2) is 29.9 Å². The second-order valence-electron chi connectivity index (χ2n) is 27.1. The number of nitrogens with zero attached hydrogens (tertiary/aromatic N) is 6. The van der Waals surface area contributed by atoms with Gasteiger partial charge in [0.05, 0.1) is 67.3 Å². The average Bonchev–Trinajstić information content (AvgIpc) is 1.72. The first kappa shape index (κ1) is 62.3. The monoisotopic (exact) mass is 1410 g/mol. The summed E-state index contributed by atoms with van der Waals surface area (Å²) in [6.45, 7) is 0. The van der Waals surface area contributed by atoms with Gasteiger partial charge in [-0.15, -0.1) is 34.0 Å². The van der Waals surface area contributed by atoms with Crippen molar-refractivity contribution in [3.8, 4) is 67.5 Å². The molecular weight excluding hydrogens is 1360 g/mol. The van der Waals surface area contributed by atoms with Gasteiger partial charge in [0, 0.05) is 105 Å². The molecule has 0 unspecified atom stereocenters. The molecule has 107 heavy (non-hydrogen) atoms. The van der Waals surface area contributed by atoms with Crippen molar-refractivity contribution < 1.29 is 0 Å². The molecule has 0 bridgehead atoms. The first-order valence-corrected chi connectivity index (χ1v) is 38.3. The molecule has 23 rings (SSSR count). The number of rotatable bonds is 6. The van der Waals surface area contributed by atoms with E-state index in [1.807, 2.05) is 76.5 Å². The van der Waals surface area contributed by atoms with Crippen molar-refractivity contribution in [3.63, 3.8) is 0 Å². The van der Waals surface area contributed by atoms with Gasteiger partial charge in [0.2, 0.25) is 0 Å². The Hall–Kier alpha value is -13.3. The van der Waals surface area contributed by atoms with Crippen molar-refractivity contribution in [1.29, 1.82) is 0 Å². The molecule has 6 nitrogen and oxygen atoms in total. The molecule has 6 heterocycles. The Balaban J connectivity index is 0.000000103. The summed E-state index contributed by atoms with van der Waals surface area (Å²) in [5.74, 6) is 0. The van der Waals surface area contributed by atoms with E-state index in [-0.39, 0.29) is 0 Å². The molecule has 0 atom stereocenters. The van der Waals surface area contributed by atoms with Crippen molar-refractivity contribution in [2.75, 3.05) is 0 Å². The summed E-state index contributed by atoms with van der Waals surface area (Å²) < 4.78 is 7.84. The molecule has 17 aromatic carbocycles. The highest BCUT2D eigenvalue weighted by Gasteiger charge is 2.22. The van der Waals surface area contributed by atoms with Gasteiger partial charge in [0.1, 0.15) is 0 Å². The summed E-state index contributed by atoms with van der Waals surface area (Å²) in [4.78, 5) is 31.4. The van der Waals surface area contributed by atoms with Crippen LogP contribution in [-0.2, 0) is 0 Å². The minimum atomic E-state index is 0.909.